The van der Waals surface area contributed by atoms with Crippen molar-refractivity contribution in [3.8, 4) is 0 Å². The lowest BCUT2D eigenvalue weighted by molar-refractivity contribution is 0.137. The van der Waals surface area contributed by atoms with Crippen molar-refractivity contribution < 1.29 is 14.6 Å². The Morgan fingerprint density at radius 2 is 1.44 bits per heavy atom. The van der Waals surface area contributed by atoms with Gasteiger partial charge in [0.2, 0.25) is 0 Å². The number of benzene rings is 2. The molecule has 2 N–H and O–H groups in total. The van der Waals surface area contributed by atoms with Gasteiger partial charge < -0.3 is 14.6 Å². The molecular formula is C21H28O3Si. The molecule has 0 fully saturated rings. The standard InChI is InChI=1S/C21H28O3Si/c1-21(2,3)25(19-12-6-4-7-13-19,20-14-8-5-9-15-20)24-17-18(23)11-10-16-22/h4-15,18,22-23H,16-17H2,1-3H3/b11-10-. The maximum Gasteiger partial charge on any atom is 0.261 e. The average Bonchev–Trinajstić information content (AvgIpc) is 2.61. The molecule has 0 amide bonds. The lowest BCUT2D eigenvalue weighted by atomic mass is 10.2. The minimum Gasteiger partial charge on any atom is -0.404 e. The minimum absolute atomic E-state index is 0.0870. The maximum atomic E-state index is 10.2. The molecule has 0 radical (unpaired) electrons. The summed E-state index contributed by atoms with van der Waals surface area (Å²) in [7, 11) is -2.61. The molecule has 25 heavy (non-hydrogen) atoms. The Balaban J connectivity index is 2.51. The summed E-state index contributed by atoms with van der Waals surface area (Å²) in [6.45, 7) is 6.72. The van der Waals surface area contributed by atoms with Crippen molar-refractivity contribution in [3.05, 3.63) is 72.8 Å². The number of hydrogen-bond acceptors (Lipinski definition) is 3. The first-order chi connectivity index (χ1) is 11.9. The van der Waals surface area contributed by atoms with Gasteiger partial charge in [0.15, 0.2) is 0 Å². The largest absolute Gasteiger partial charge is 0.404 e. The first-order valence-corrected chi connectivity index (χ1v) is 10.5. The quantitative estimate of drug-likeness (QED) is 0.592. The number of hydrogen-bond donors (Lipinski definition) is 2. The summed E-state index contributed by atoms with van der Waals surface area (Å²) in [4.78, 5) is 0. The summed E-state index contributed by atoms with van der Waals surface area (Å²) in [6.07, 6.45) is 2.38. The van der Waals surface area contributed by atoms with Gasteiger partial charge in [0.25, 0.3) is 8.32 Å². The second-order valence-electron chi connectivity index (χ2n) is 7.15. The highest BCUT2D eigenvalue weighted by Crippen LogP contribution is 2.36. The Hall–Kier alpha value is -1.72. The molecule has 3 nitrogen and oxygen atoms in total. The lowest BCUT2D eigenvalue weighted by Gasteiger charge is -2.43. The molecule has 2 aromatic carbocycles. The van der Waals surface area contributed by atoms with Gasteiger partial charge >= 0.3 is 0 Å². The van der Waals surface area contributed by atoms with Gasteiger partial charge in [0.1, 0.15) is 0 Å². The fraction of sp³-hybridized carbons (Fsp3) is 0.333. The summed E-state index contributed by atoms with van der Waals surface area (Å²) in [6, 6.07) is 20.7. The number of rotatable bonds is 7. The van der Waals surface area contributed by atoms with E-state index in [-0.39, 0.29) is 18.3 Å². The van der Waals surface area contributed by atoms with Crippen LogP contribution in [-0.2, 0) is 4.43 Å². The molecule has 2 rings (SSSR count). The van der Waals surface area contributed by atoms with Crippen LogP contribution >= 0.6 is 0 Å². The van der Waals surface area contributed by atoms with E-state index in [4.69, 9.17) is 9.53 Å². The molecule has 0 aliphatic rings. The maximum absolute atomic E-state index is 10.2. The molecule has 4 heteroatoms. The topological polar surface area (TPSA) is 49.7 Å². The Labute approximate surface area is 151 Å². The summed E-state index contributed by atoms with van der Waals surface area (Å²) >= 11 is 0. The number of aliphatic hydroxyl groups is 2. The van der Waals surface area contributed by atoms with E-state index in [0.717, 1.165) is 0 Å². The fourth-order valence-electron chi connectivity index (χ4n) is 3.25. The van der Waals surface area contributed by atoms with Gasteiger partial charge in [-0.3, -0.25) is 0 Å². The van der Waals surface area contributed by atoms with E-state index in [0.29, 0.717) is 0 Å². The van der Waals surface area contributed by atoms with E-state index in [1.54, 1.807) is 12.2 Å². The Bertz CT molecular complexity index is 623. The van der Waals surface area contributed by atoms with Crippen LogP contribution in [-0.4, -0.2) is 37.8 Å². The molecular weight excluding hydrogens is 328 g/mol. The van der Waals surface area contributed by atoms with Crippen LogP contribution in [0, 0.1) is 0 Å². The Morgan fingerprint density at radius 3 is 1.84 bits per heavy atom. The van der Waals surface area contributed by atoms with Gasteiger partial charge in [-0.05, 0) is 15.4 Å². The van der Waals surface area contributed by atoms with Crippen molar-refractivity contribution in [3.63, 3.8) is 0 Å². The van der Waals surface area contributed by atoms with Crippen LogP contribution in [0.15, 0.2) is 72.8 Å². The molecule has 0 aromatic heterocycles. The van der Waals surface area contributed by atoms with E-state index in [1.165, 1.54) is 10.4 Å². The highest BCUT2D eigenvalue weighted by molar-refractivity contribution is 6.99. The van der Waals surface area contributed by atoms with Crippen molar-refractivity contribution in [1.29, 1.82) is 0 Å². The van der Waals surface area contributed by atoms with E-state index in [9.17, 15) is 5.11 Å². The van der Waals surface area contributed by atoms with Gasteiger partial charge in [-0.1, -0.05) is 93.6 Å². The number of aliphatic hydroxyl groups excluding tert-OH is 2. The highest BCUT2D eigenvalue weighted by Gasteiger charge is 2.50. The van der Waals surface area contributed by atoms with E-state index < -0.39 is 14.4 Å². The zero-order valence-corrected chi connectivity index (χ0v) is 16.2. The molecule has 134 valence electrons. The van der Waals surface area contributed by atoms with E-state index in [1.807, 2.05) is 36.4 Å². The van der Waals surface area contributed by atoms with Crippen LogP contribution in [0.2, 0.25) is 5.04 Å². The van der Waals surface area contributed by atoms with Crippen LogP contribution < -0.4 is 10.4 Å². The molecule has 0 saturated heterocycles. The van der Waals surface area contributed by atoms with Crippen molar-refractivity contribution in [2.75, 3.05) is 13.2 Å². The van der Waals surface area contributed by atoms with Gasteiger partial charge in [-0.2, -0.15) is 0 Å². The Kier molecular flexibility index (Phi) is 6.73. The normalized spacial score (nSPS) is 14.0. The smallest absolute Gasteiger partial charge is 0.261 e. The Morgan fingerprint density at radius 1 is 0.960 bits per heavy atom. The van der Waals surface area contributed by atoms with Gasteiger partial charge in [-0.25, -0.2) is 0 Å². The summed E-state index contributed by atoms with van der Waals surface area (Å²) in [5.41, 5.74) is 0. The molecule has 2 aromatic rings. The van der Waals surface area contributed by atoms with Gasteiger partial charge in [0, 0.05) is 0 Å². The predicted molar refractivity (Wildman–Crippen MR) is 106 cm³/mol. The molecule has 0 bridgehead atoms. The zero-order valence-electron chi connectivity index (χ0n) is 15.2. The summed E-state index contributed by atoms with van der Waals surface area (Å²) in [5.74, 6) is 0. The predicted octanol–water partition coefficient (Wildman–Crippen LogP) is 2.47. The molecule has 0 aliphatic heterocycles. The van der Waals surface area contributed by atoms with Crippen LogP contribution in [0.1, 0.15) is 20.8 Å². The van der Waals surface area contributed by atoms with Gasteiger partial charge in [0.05, 0.1) is 19.3 Å². The molecule has 0 aliphatic carbocycles. The second kappa shape index (κ2) is 8.58. The van der Waals surface area contributed by atoms with E-state index >= 15 is 0 Å². The first kappa shape index (κ1) is 19.6. The summed E-state index contributed by atoms with van der Waals surface area (Å²) in [5, 5.41) is 21.4. The molecule has 0 heterocycles. The van der Waals surface area contributed by atoms with Crippen molar-refractivity contribution in [1.82, 2.24) is 0 Å². The molecule has 1 atom stereocenters. The SMILES string of the molecule is CC(C)(C)[Si](OCC(O)/C=C\CO)(c1ccccc1)c1ccccc1. The minimum atomic E-state index is -2.61. The van der Waals surface area contributed by atoms with Crippen LogP contribution in [0.5, 0.6) is 0 Å². The third-order valence-corrected chi connectivity index (χ3v) is 9.36. The monoisotopic (exact) mass is 356 g/mol. The highest BCUT2D eigenvalue weighted by atomic mass is 28.4. The van der Waals surface area contributed by atoms with Crippen LogP contribution in [0.4, 0.5) is 0 Å². The van der Waals surface area contributed by atoms with Crippen molar-refractivity contribution in [2.45, 2.75) is 31.9 Å². The lowest BCUT2D eigenvalue weighted by Crippen LogP contribution is -2.67. The van der Waals surface area contributed by atoms with Crippen molar-refractivity contribution in [2.24, 2.45) is 0 Å². The van der Waals surface area contributed by atoms with E-state index in [2.05, 4.69) is 45.0 Å². The first-order valence-electron chi connectivity index (χ1n) is 8.62. The second-order valence-corrected chi connectivity index (χ2v) is 11.5. The average molecular weight is 357 g/mol. The molecule has 0 saturated carbocycles. The third-order valence-electron chi connectivity index (χ3n) is 4.35. The van der Waals surface area contributed by atoms with Gasteiger partial charge in [-0.15, -0.1) is 0 Å². The van der Waals surface area contributed by atoms with Crippen LogP contribution in [0.25, 0.3) is 0 Å². The van der Waals surface area contributed by atoms with Crippen LogP contribution in [0.3, 0.4) is 0 Å². The van der Waals surface area contributed by atoms with Crippen molar-refractivity contribution >= 4 is 18.7 Å². The molecule has 1 unspecified atom stereocenters. The third kappa shape index (κ3) is 4.47. The molecule has 0 spiro atoms. The fourth-order valence-corrected chi connectivity index (χ4v) is 7.82. The summed E-state index contributed by atoms with van der Waals surface area (Å²) < 4.78 is 6.58. The zero-order chi connectivity index (χ0) is 18.3.